The Bertz CT molecular complexity index is 1200. The minimum absolute atomic E-state index is 0.113. The van der Waals surface area contributed by atoms with Crippen molar-refractivity contribution >= 4 is 22.8 Å². The summed E-state index contributed by atoms with van der Waals surface area (Å²) in [6, 6.07) is 7.15. The number of aromatic hydroxyl groups is 1. The van der Waals surface area contributed by atoms with Crippen molar-refractivity contribution in [3.63, 3.8) is 0 Å². The maximum absolute atomic E-state index is 14.2. The SMILES string of the molecule is Cc1c(C(C(=O)O)C2CCC2)c2cc(O)c(F)cc2n1C(=O)c1ccc(OC(F)F)cc1. The van der Waals surface area contributed by atoms with E-state index in [4.69, 9.17) is 0 Å². The van der Waals surface area contributed by atoms with Crippen LogP contribution in [-0.2, 0) is 4.79 Å². The molecule has 1 saturated carbocycles. The van der Waals surface area contributed by atoms with Crippen LogP contribution in [0.1, 0.15) is 46.8 Å². The van der Waals surface area contributed by atoms with Crippen molar-refractivity contribution < 1.29 is 37.7 Å². The molecule has 3 aromatic rings. The van der Waals surface area contributed by atoms with E-state index >= 15 is 0 Å². The summed E-state index contributed by atoms with van der Waals surface area (Å²) in [5, 5.41) is 20.2. The zero-order valence-corrected chi connectivity index (χ0v) is 17.0. The molecule has 2 aromatic carbocycles. The van der Waals surface area contributed by atoms with E-state index in [9.17, 15) is 33.0 Å². The van der Waals surface area contributed by atoms with Crippen LogP contribution in [0.4, 0.5) is 13.2 Å². The fraction of sp³-hybridized carbons (Fsp3) is 0.304. The van der Waals surface area contributed by atoms with Crippen LogP contribution in [0, 0.1) is 18.7 Å². The molecule has 1 atom stereocenters. The lowest BCUT2D eigenvalue weighted by molar-refractivity contribution is -0.141. The molecule has 2 N–H and O–H groups in total. The number of carbonyl (C=O) groups excluding carboxylic acids is 1. The molecule has 1 unspecified atom stereocenters. The van der Waals surface area contributed by atoms with E-state index in [1.807, 2.05) is 0 Å². The number of rotatable bonds is 6. The van der Waals surface area contributed by atoms with Crippen LogP contribution in [0.25, 0.3) is 10.9 Å². The van der Waals surface area contributed by atoms with Crippen LogP contribution in [-0.4, -0.2) is 33.3 Å². The lowest BCUT2D eigenvalue weighted by atomic mass is 9.72. The number of carboxylic acids is 1. The third kappa shape index (κ3) is 3.68. The van der Waals surface area contributed by atoms with Gasteiger partial charge in [0.05, 0.1) is 11.4 Å². The van der Waals surface area contributed by atoms with Gasteiger partial charge in [-0.05, 0) is 61.6 Å². The van der Waals surface area contributed by atoms with E-state index in [2.05, 4.69) is 4.74 Å². The molecule has 168 valence electrons. The number of aliphatic carboxylic acids is 1. The maximum Gasteiger partial charge on any atom is 0.387 e. The first-order chi connectivity index (χ1) is 15.2. The second-order valence-corrected chi connectivity index (χ2v) is 7.87. The fourth-order valence-electron chi connectivity index (χ4n) is 4.34. The molecule has 0 radical (unpaired) electrons. The molecular formula is C23H20F3NO5. The Morgan fingerprint density at radius 2 is 1.81 bits per heavy atom. The molecule has 1 fully saturated rings. The number of fused-ring (bicyclic) bond motifs is 1. The molecule has 4 rings (SSSR count). The number of benzene rings is 2. The molecule has 1 heterocycles. The Labute approximate surface area is 180 Å². The normalized spacial score (nSPS) is 15.0. The fourth-order valence-corrected chi connectivity index (χ4v) is 4.34. The van der Waals surface area contributed by atoms with Gasteiger partial charge in [-0.15, -0.1) is 0 Å². The van der Waals surface area contributed by atoms with Crippen LogP contribution < -0.4 is 4.74 Å². The third-order valence-corrected chi connectivity index (χ3v) is 6.05. The van der Waals surface area contributed by atoms with Gasteiger partial charge in [-0.25, -0.2) is 4.39 Å². The molecule has 9 heteroatoms. The summed E-state index contributed by atoms with van der Waals surface area (Å²) in [5.74, 6) is -4.41. The Morgan fingerprint density at radius 3 is 2.34 bits per heavy atom. The van der Waals surface area contributed by atoms with Gasteiger partial charge in [0.25, 0.3) is 5.91 Å². The van der Waals surface area contributed by atoms with Gasteiger partial charge in [-0.3, -0.25) is 14.2 Å². The van der Waals surface area contributed by atoms with Crippen molar-refractivity contribution in [3.05, 3.63) is 59.0 Å². The molecule has 6 nitrogen and oxygen atoms in total. The van der Waals surface area contributed by atoms with Gasteiger partial charge in [0.15, 0.2) is 11.6 Å². The molecular weight excluding hydrogens is 427 g/mol. The second kappa shape index (κ2) is 8.22. The monoisotopic (exact) mass is 447 g/mol. The van der Waals surface area contributed by atoms with E-state index in [0.717, 1.165) is 31.4 Å². The van der Waals surface area contributed by atoms with Gasteiger partial charge in [0.2, 0.25) is 0 Å². The predicted molar refractivity (Wildman–Crippen MR) is 109 cm³/mol. The number of phenolic OH excluding ortho intramolecular Hbond substituents is 1. The number of halogens is 3. The van der Waals surface area contributed by atoms with Crippen LogP contribution in [0.3, 0.4) is 0 Å². The molecule has 0 aliphatic heterocycles. The highest BCUT2D eigenvalue weighted by atomic mass is 19.3. The molecule has 1 aliphatic rings. The molecule has 1 aromatic heterocycles. The standard InChI is InChI=1S/C23H20F3NO5/c1-11-19(20(22(30)31)12-3-2-4-12)15-9-18(28)16(24)10-17(15)27(11)21(29)13-5-7-14(8-6-13)32-23(25)26/h5-10,12,20,23,28H,2-4H2,1H3,(H,30,31). The van der Waals surface area contributed by atoms with E-state index in [1.54, 1.807) is 6.92 Å². The number of phenols is 1. The summed E-state index contributed by atoms with van der Waals surface area (Å²) in [6.07, 6.45) is 2.34. The van der Waals surface area contributed by atoms with Crippen molar-refractivity contribution in [1.82, 2.24) is 4.57 Å². The number of aromatic nitrogens is 1. The highest BCUT2D eigenvalue weighted by Crippen LogP contribution is 2.45. The maximum atomic E-state index is 14.2. The smallest absolute Gasteiger partial charge is 0.387 e. The molecule has 0 amide bonds. The van der Waals surface area contributed by atoms with E-state index in [0.29, 0.717) is 11.3 Å². The Morgan fingerprint density at radius 1 is 1.16 bits per heavy atom. The first-order valence-electron chi connectivity index (χ1n) is 10.0. The summed E-state index contributed by atoms with van der Waals surface area (Å²) in [7, 11) is 0. The lowest BCUT2D eigenvalue weighted by Crippen LogP contribution is -2.27. The van der Waals surface area contributed by atoms with Crippen molar-refractivity contribution in [3.8, 4) is 11.5 Å². The summed E-state index contributed by atoms with van der Waals surface area (Å²) in [5.41, 5.74) is 0.916. The zero-order chi connectivity index (χ0) is 23.2. The summed E-state index contributed by atoms with van der Waals surface area (Å²) >= 11 is 0. The number of carboxylic acid groups (broad SMARTS) is 1. The molecule has 1 aliphatic carbocycles. The second-order valence-electron chi connectivity index (χ2n) is 7.87. The topological polar surface area (TPSA) is 88.8 Å². The minimum Gasteiger partial charge on any atom is -0.505 e. The number of ether oxygens (including phenoxy) is 1. The lowest BCUT2D eigenvalue weighted by Gasteiger charge is -2.31. The van der Waals surface area contributed by atoms with Gasteiger partial charge >= 0.3 is 12.6 Å². The van der Waals surface area contributed by atoms with Crippen LogP contribution in [0.15, 0.2) is 36.4 Å². The Kier molecular flexibility index (Phi) is 5.58. The van der Waals surface area contributed by atoms with Gasteiger partial charge in [0, 0.05) is 22.7 Å². The minimum atomic E-state index is -3.01. The summed E-state index contributed by atoms with van der Waals surface area (Å²) in [6.45, 7) is -1.43. The summed E-state index contributed by atoms with van der Waals surface area (Å²) in [4.78, 5) is 25.5. The number of hydrogen-bond donors (Lipinski definition) is 2. The Hall–Kier alpha value is -3.49. The zero-order valence-electron chi connectivity index (χ0n) is 17.0. The number of hydrogen-bond acceptors (Lipinski definition) is 4. The number of carbonyl (C=O) groups is 2. The highest BCUT2D eigenvalue weighted by molar-refractivity contribution is 6.05. The number of nitrogens with zero attached hydrogens (tertiary/aromatic N) is 1. The number of alkyl halides is 2. The highest BCUT2D eigenvalue weighted by Gasteiger charge is 2.38. The van der Waals surface area contributed by atoms with Crippen molar-refractivity contribution in [1.29, 1.82) is 0 Å². The molecule has 32 heavy (non-hydrogen) atoms. The molecule has 0 saturated heterocycles. The van der Waals surface area contributed by atoms with Gasteiger partial charge in [-0.2, -0.15) is 8.78 Å². The largest absolute Gasteiger partial charge is 0.505 e. The average Bonchev–Trinajstić information content (AvgIpc) is 2.95. The van der Waals surface area contributed by atoms with Crippen molar-refractivity contribution in [2.24, 2.45) is 5.92 Å². The van der Waals surface area contributed by atoms with Crippen LogP contribution in [0.2, 0.25) is 0 Å². The molecule has 0 bridgehead atoms. The van der Waals surface area contributed by atoms with Gasteiger partial charge in [0.1, 0.15) is 5.75 Å². The van der Waals surface area contributed by atoms with Crippen LogP contribution >= 0.6 is 0 Å². The van der Waals surface area contributed by atoms with E-state index in [1.165, 1.54) is 28.8 Å². The van der Waals surface area contributed by atoms with Gasteiger partial charge < -0.3 is 14.9 Å². The average molecular weight is 447 g/mol. The summed E-state index contributed by atoms with van der Waals surface area (Å²) < 4.78 is 44.5. The Balaban J connectivity index is 1.87. The van der Waals surface area contributed by atoms with Crippen molar-refractivity contribution in [2.75, 3.05) is 0 Å². The molecule has 0 spiro atoms. The van der Waals surface area contributed by atoms with Gasteiger partial charge in [-0.1, -0.05) is 6.42 Å². The third-order valence-electron chi connectivity index (χ3n) is 6.05. The quantitative estimate of drug-likeness (QED) is 0.552. The van der Waals surface area contributed by atoms with E-state index < -0.39 is 36.0 Å². The van der Waals surface area contributed by atoms with Crippen molar-refractivity contribution in [2.45, 2.75) is 38.7 Å². The van der Waals surface area contributed by atoms with E-state index in [-0.39, 0.29) is 28.1 Å². The first-order valence-corrected chi connectivity index (χ1v) is 10.0. The predicted octanol–water partition coefficient (Wildman–Crippen LogP) is 5.05. The van der Waals surface area contributed by atoms with Crippen LogP contribution in [0.5, 0.6) is 11.5 Å². The first kappa shape index (κ1) is 21.7.